The first-order valence-corrected chi connectivity index (χ1v) is 6.55. The average molecular weight is 219 g/mol. The van der Waals surface area contributed by atoms with Gasteiger partial charge in [0.25, 0.3) is 0 Å². The van der Waals surface area contributed by atoms with E-state index in [1.54, 1.807) is 0 Å². The third kappa shape index (κ3) is 5.32. The predicted molar refractivity (Wildman–Crippen MR) is 71.6 cm³/mol. The van der Waals surface area contributed by atoms with Crippen LogP contribution >= 0.6 is 0 Å². The molecule has 1 atom stereocenters. The maximum atomic E-state index is 5.78. The highest BCUT2D eigenvalue weighted by Crippen LogP contribution is 2.10. The lowest BCUT2D eigenvalue weighted by atomic mass is 10.0. The van der Waals surface area contributed by atoms with Crippen LogP contribution in [0.4, 0.5) is 0 Å². The zero-order valence-corrected chi connectivity index (χ0v) is 10.7. The molecule has 0 amide bonds. The molecule has 1 heteroatoms. The molecule has 0 saturated heterocycles. The second-order valence-corrected chi connectivity index (χ2v) is 4.81. The molecule has 0 radical (unpaired) electrons. The van der Waals surface area contributed by atoms with Crippen LogP contribution in [-0.2, 0) is 12.8 Å². The lowest BCUT2D eigenvalue weighted by Crippen LogP contribution is -2.17. The average Bonchev–Trinajstić information content (AvgIpc) is 2.26. The minimum absolute atomic E-state index is 0.260. The Balaban J connectivity index is 2.33. The SMILES string of the molecule is CCCCCCc1ccc(CC(C)N)cc1. The first kappa shape index (κ1) is 13.2. The van der Waals surface area contributed by atoms with E-state index in [4.69, 9.17) is 5.73 Å². The van der Waals surface area contributed by atoms with E-state index in [-0.39, 0.29) is 6.04 Å². The quantitative estimate of drug-likeness (QED) is 0.695. The molecule has 0 aliphatic heterocycles. The van der Waals surface area contributed by atoms with Crippen molar-refractivity contribution in [3.05, 3.63) is 35.4 Å². The molecule has 0 spiro atoms. The van der Waals surface area contributed by atoms with Gasteiger partial charge >= 0.3 is 0 Å². The van der Waals surface area contributed by atoms with E-state index >= 15 is 0 Å². The molecule has 0 aliphatic carbocycles. The number of benzene rings is 1. The van der Waals surface area contributed by atoms with Crippen LogP contribution in [0.15, 0.2) is 24.3 Å². The Labute approximate surface area is 100 Å². The maximum absolute atomic E-state index is 5.78. The summed E-state index contributed by atoms with van der Waals surface area (Å²) < 4.78 is 0. The Morgan fingerprint density at radius 2 is 1.62 bits per heavy atom. The van der Waals surface area contributed by atoms with Gasteiger partial charge < -0.3 is 5.73 Å². The second-order valence-electron chi connectivity index (χ2n) is 4.81. The minimum atomic E-state index is 0.260. The molecule has 1 unspecified atom stereocenters. The molecule has 0 bridgehead atoms. The lowest BCUT2D eigenvalue weighted by Gasteiger charge is -2.06. The van der Waals surface area contributed by atoms with Crippen molar-refractivity contribution in [1.29, 1.82) is 0 Å². The van der Waals surface area contributed by atoms with Crippen LogP contribution in [0.2, 0.25) is 0 Å². The molecular formula is C15H25N. The number of hydrogen-bond acceptors (Lipinski definition) is 1. The summed E-state index contributed by atoms with van der Waals surface area (Å²) >= 11 is 0. The van der Waals surface area contributed by atoms with Crippen molar-refractivity contribution in [3.8, 4) is 0 Å². The molecule has 1 aromatic carbocycles. The highest BCUT2D eigenvalue weighted by Gasteiger charge is 1.98. The topological polar surface area (TPSA) is 26.0 Å². The summed E-state index contributed by atoms with van der Waals surface area (Å²) in [6, 6.07) is 9.21. The molecule has 1 nitrogen and oxygen atoms in total. The standard InChI is InChI=1S/C15H25N/c1-3-4-5-6-7-14-8-10-15(11-9-14)12-13(2)16/h8-11,13H,3-7,12,16H2,1-2H3. The zero-order chi connectivity index (χ0) is 11.8. The first-order valence-electron chi connectivity index (χ1n) is 6.55. The van der Waals surface area contributed by atoms with Gasteiger partial charge in [0.15, 0.2) is 0 Å². The fraction of sp³-hybridized carbons (Fsp3) is 0.600. The summed E-state index contributed by atoms with van der Waals surface area (Å²) in [5, 5.41) is 0. The van der Waals surface area contributed by atoms with Crippen molar-refractivity contribution < 1.29 is 0 Å². The summed E-state index contributed by atoms with van der Waals surface area (Å²) in [4.78, 5) is 0. The summed E-state index contributed by atoms with van der Waals surface area (Å²) in [6.45, 7) is 4.31. The van der Waals surface area contributed by atoms with E-state index in [1.165, 1.54) is 43.2 Å². The summed E-state index contributed by atoms with van der Waals surface area (Å²) in [6.07, 6.45) is 7.56. The van der Waals surface area contributed by atoms with Crippen LogP contribution in [0, 0.1) is 0 Å². The summed E-state index contributed by atoms with van der Waals surface area (Å²) in [5.41, 5.74) is 8.59. The van der Waals surface area contributed by atoms with Gasteiger partial charge in [-0.25, -0.2) is 0 Å². The van der Waals surface area contributed by atoms with Gasteiger partial charge in [0.1, 0.15) is 0 Å². The Kier molecular flexibility index (Phi) is 6.17. The van der Waals surface area contributed by atoms with E-state index in [0.29, 0.717) is 0 Å². The Hall–Kier alpha value is -0.820. The lowest BCUT2D eigenvalue weighted by molar-refractivity contribution is 0.666. The van der Waals surface area contributed by atoms with Crippen LogP contribution in [0.3, 0.4) is 0 Å². The second kappa shape index (κ2) is 7.45. The molecule has 0 saturated carbocycles. The molecule has 0 fully saturated rings. The fourth-order valence-electron chi connectivity index (χ4n) is 1.97. The van der Waals surface area contributed by atoms with E-state index in [9.17, 15) is 0 Å². The van der Waals surface area contributed by atoms with Crippen molar-refractivity contribution >= 4 is 0 Å². The van der Waals surface area contributed by atoms with Crippen molar-refractivity contribution in [2.24, 2.45) is 5.73 Å². The Bertz CT molecular complexity index is 274. The molecule has 0 heterocycles. The van der Waals surface area contributed by atoms with Gasteiger partial charge in [0.2, 0.25) is 0 Å². The van der Waals surface area contributed by atoms with E-state index in [1.807, 2.05) is 0 Å². The van der Waals surface area contributed by atoms with E-state index in [2.05, 4.69) is 38.1 Å². The van der Waals surface area contributed by atoms with Crippen LogP contribution in [-0.4, -0.2) is 6.04 Å². The molecule has 2 N–H and O–H groups in total. The molecule has 90 valence electrons. The largest absolute Gasteiger partial charge is 0.328 e. The molecule has 1 aromatic rings. The number of rotatable bonds is 7. The summed E-state index contributed by atoms with van der Waals surface area (Å²) in [5.74, 6) is 0. The number of unbranched alkanes of at least 4 members (excludes halogenated alkanes) is 3. The van der Waals surface area contributed by atoms with Gasteiger partial charge in [0.05, 0.1) is 0 Å². The smallest absolute Gasteiger partial charge is 0.00509 e. The third-order valence-electron chi connectivity index (χ3n) is 2.90. The van der Waals surface area contributed by atoms with Crippen molar-refractivity contribution in [1.82, 2.24) is 0 Å². The normalized spacial score (nSPS) is 12.7. The van der Waals surface area contributed by atoms with Gasteiger partial charge in [0, 0.05) is 6.04 Å². The third-order valence-corrected chi connectivity index (χ3v) is 2.90. The van der Waals surface area contributed by atoms with Crippen molar-refractivity contribution in [2.45, 2.75) is 58.4 Å². The predicted octanol–water partition coefficient (Wildman–Crippen LogP) is 3.70. The number of aryl methyl sites for hydroxylation is 1. The monoisotopic (exact) mass is 219 g/mol. The maximum Gasteiger partial charge on any atom is 0.00509 e. The van der Waals surface area contributed by atoms with E-state index in [0.717, 1.165) is 6.42 Å². The molecule has 0 aliphatic rings. The Morgan fingerprint density at radius 3 is 2.19 bits per heavy atom. The highest BCUT2D eigenvalue weighted by atomic mass is 14.6. The molecule has 1 rings (SSSR count). The highest BCUT2D eigenvalue weighted by molar-refractivity contribution is 5.23. The molecular weight excluding hydrogens is 194 g/mol. The summed E-state index contributed by atoms with van der Waals surface area (Å²) in [7, 11) is 0. The number of nitrogens with two attached hydrogens (primary N) is 1. The fourth-order valence-corrected chi connectivity index (χ4v) is 1.97. The van der Waals surface area contributed by atoms with Gasteiger partial charge in [-0.1, -0.05) is 50.5 Å². The van der Waals surface area contributed by atoms with Crippen LogP contribution in [0.5, 0.6) is 0 Å². The van der Waals surface area contributed by atoms with Crippen molar-refractivity contribution in [3.63, 3.8) is 0 Å². The van der Waals surface area contributed by atoms with Gasteiger partial charge in [-0.05, 0) is 37.3 Å². The number of hydrogen-bond donors (Lipinski definition) is 1. The minimum Gasteiger partial charge on any atom is -0.328 e. The van der Waals surface area contributed by atoms with Gasteiger partial charge in [-0.15, -0.1) is 0 Å². The molecule has 16 heavy (non-hydrogen) atoms. The zero-order valence-electron chi connectivity index (χ0n) is 10.7. The van der Waals surface area contributed by atoms with Crippen molar-refractivity contribution in [2.75, 3.05) is 0 Å². The van der Waals surface area contributed by atoms with Crippen LogP contribution in [0.1, 0.15) is 50.7 Å². The van der Waals surface area contributed by atoms with E-state index < -0.39 is 0 Å². The van der Waals surface area contributed by atoms with Crippen LogP contribution in [0.25, 0.3) is 0 Å². The molecule has 0 aromatic heterocycles. The van der Waals surface area contributed by atoms with Crippen LogP contribution < -0.4 is 5.73 Å². The first-order chi connectivity index (χ1) is 7.72. The Morgan fingerprint density at radius 1 is 1.00 bits per heavy atom. The van der Waals surface area contributed by atoms with Gasteiger partial charge in [-0.3, -0.25) is 0 Å². The van der Waals surface area contributed by atoms with Gasteiger partial charge in [-0.2, -0.15) is 0 Å².